The van der Waals surface area contributed by atoms with Crippen molar-refractivity contribution >= 4 is 23.2 Å². The van der Waals surface area contributed by atoms with E-state index >= 15 is 0 Å². The fourth-order valence-electron chi connectivity index (χ4n) is 2.59. The van der Waals surface area contributed by atoms with Crippen LogP contribution in [0.2, 0.25) is 0 Å². The third-order valence-electron chi connectivity index (χ3n) is 3.94. The van der Waals surface area contributed by atoms with E-state index in [9.17, 15) is 9.59 Å². The number of ether oxygens (including phenoxy) is 3. The first-order valence-corrected chi connectivity index (χ1v) is 7.36. The van der Waals surface area contributed by atoms with Crippen LogP contribution in [0.5, 0.6) is 17.2 Å². The molecular weight excluding hydrogens is 312 g/mol. The van der Waals surface area contributed by atoms with E-state index in [2.05, 4.69) is 5.32 Å². The highest BCUT2D eigenvalue weighted by Gasteiger charge is 2.23. The van der Waals surface area contributed by atoms with Gasteiger partial charge in [-0.1, -0.05) is 0 Å². The SMILES string of the molecule is CN1C(=O)COc2ccc(NC(=O)c3ccc4c(c3)OCO4)cc21. The van der Waals surface area contributed by atoms with Gasteiger partial charge >= 0.3 is 0 Å². The van der Waals surface area contributed by atoms with Gasteiger partial charge in [-0.3, -0.25) is 9.59 Å². The Hall–Kier alpha value is -3.22. The highest BCUT2D eigenvalue weighted by molar-refractivity contribution is 6.05. The van der Waals surface area contributed by atoms with Crippen LogP contribution in [-0.4, -0.2) is 32.3 Å². The molecule has 0 atom stereocenters. The van der Waals surface area contributed by atoms with Gasteiger partial charge in [-0.25, -0.2) is 0 Å². The third-order valence-corrected chi connectivity index (χ3v) is 3.94. The molecule has 0 fully saturated rings. The number of anilines is 2. The number of likely N-dealkylation sites (N-methyl/N-ethyl adjacent to an activating group) is 1. The minimum Gasteiger partial charge on any atom is -0.482 e. The maximum atomic E-state index is 12.4. The Morgan fingerprint density at radius 2 is 1.83 bits per heavy atom. The fourth-order valence-corrected chi connectivity index (χ4v) is 2.59. The van der Waals surface area contributed by atoms with Crippen molar-refractivity contribution in [3.05, 3.63) is 42.0 Å². The Morgan fingerprint density at radius 1 is 1.04 bits per heavy atom. The summed E-state index contributed by atoms with van der Waals surface area (Å²) in [4.78, 5) is 25.6. The summed E-state index contributed by atoms with van der Waals surface area (Å²) in [6, 6.07) is 10.2. The second kappa shape index (κ2) is 5.45. The second-order valence-electron chi connectivity index (χ2n) is 5.45. The van der Waals surface area contributed by atoms with E-state index in [1.807, 2.05) is 0 Å². The molecule has 0 bridgehead atoms. The predicted molar refractivity (Wildman–Crippen MR) is 85.9 cm³/mol. The van der Waals surface area contributed by atoms with Crippen LogP contribution in [0.25, 0.3) is 0 Å². The Bertz CT molecular complexity index is 849. The topological polar surface area (TPSA) is 77.1 Å². The quantitative estimate of drug-likeness (QED) is 0.914. The molecule has 2 aromatic rings. The normalized spacial score (nSPS) is 14.9. The molecule has 122 valence electrons. The lowest BCUT2D eigenvalue weighted by atomic mass is 10.1. The summed E-state index contributed by atoms with van der Waals surface area (Å²) in [7, 11) is 1.67. The second-order valence-corrected chi connectivity index (χ2v) is 5.45. The van der Waals surface area contributed by atoms with E-state index in [-0.39, 0.29) is 25.2 Å². The van der Waals surface area contributed by atoms with Crippen LogP contribution in [0.3, 0.4) is 0 Å². The third kappa shape index (κ3) is 2.40. The highest BCUT2D eigenvalue weighted by Crippen LogP contribution is 2.35. The van der Waals surface area contributed by atoms with Crippen LogP contribution in [0.15, 0.2) is 36.4 Å². The molecule has 7 nitrogen and oxygen atoms in total. The number of amides is 2. The van der Waals surface area contributed by atoms with Gasteiger partial charge in [0, 0.05) is 18.3 Å². The van der Waals surface area contributed by atoms with Crippen molar-refractivity contribution in [3.8, 4) is 17.2 Å². The molecule has 0 saturated carbocycles. The molecule has 7 heteroatoms. The van der Waals surface area contributed by atoms with E-state index in [1.54, 1.807) is 43.4 Å². The molecule has 2 aliphatic rings. The summed E-state index contributed by atoms with van der Waals surface area (Å²) < 4.78 is 15.9. The molecule has 1 N–H and O–H groups in total. The maximum absolute atomic E-state index is 12.4. The van der Waals surface area contributed by atoms with Gasteiger partial charge in [0.05, 0.1) is 5.69 Å². The summed E-state index contributed by atoms with van der Waals surface area (Å²) in [5, 5.41) is 2.81. The van der Waals surface area contributed by atoms with Gasteiger partial charge in [0.15, 0.2) is 18.1 Å². The smallest absolute Gasteiger partial charge is 0.264 e. The van der Waals surface area contributed by atoms with Gasteiger partial charge < -0.3 is 24.4 Å². The summed E-state index contributed by atoms with van der Waals surface area (Å²) in [6.45, 7) is 0.179. The number of fused-ring (bicyclic) bond motifs is 2. The molecule has 0 saturated heterocycles. The standard InChI is InChI=1S/C17H14N2O5/c1-19-12-7-11(3-5-13(12)22-8-16(19)20)18-17(21)10-2-4-14-15(6-10)24-9-23-14/h2-7H,8-9H2,1H3,(H,18,21). The van der Waals surface area contributed by atoms with Gasteiger partial charge in [-0.05, 0) is 36.4 Å². The van der Waals surface area contributed by atoms with E-state index < -0.39 is 0 Å². The highest BCUT2D eigenvalue weighted by atomic mass is 16.7. The minimum absolute atomic E-state index is 0.0202. The number of benzene rings is 2. The van der Waals surface area contributed by atoms with E-state index in [0.717, 1.165) is 0 Å². The first-order valence-electron chi connectivity index (χ1n) is 7.36. The molecule has 0 radical (unpaired) electrons. The van der Waals surface area contributed by atoms with Crippen LogP contribution < -0.4 is 24.4 Å². The Balaban J connectivity index is 1.57. The van der Waals surface area contributed by atoms with Crippen molar-refractivity contribution in [3.63, 3.8) is 0 Å². The van der Waals surface area contributed by atoms with Crippen molar-refractivity contribution < 1.29 is 23.8 Å². The molecule has 2 heterocycles. The van der Waals surface area contributed by atoms with Gasteiger partial charge in [0.25, 0.3) is 11.8 Å². The van der Waals surface area contributed by atoms with Crippen molar-refractivity contribution in [1.29, 1.82) is 0 Å². The average molecular weight is 326 g/mol. The lowest BCUT2D eigenvalue weighted by Gasteiger charge is -2.26. The van der Waals surface area contributed by atoms with E-state index in [1.165, 1.54) is 4.90 Å². The van der Waals surface area contributed by atoms with Gasteiger partial charge in [0.2, 0.25) is 6.79 Å². The molecule has 2 aromatic carbocycles. The zero-order valence-corrected chi connectivity index (χ0v) is 12.9. The monoisotopic (exact) mass is 326 g/mol. The van der Waals surface area contributed by atoms with Gasteiger partial charge in [-0.2, -0.15) is 0 Å². The summed E-state index contributed by atoms with van der Waals surface area (Å²) in [5.41, 5.74) is 1.65. The van der Waals surface area contributed by atoms with Crippen molar-refractivity contribution in [1.82, 2.24) is 0 Å². The first kappa shape index (κ1) is 14.4. The molecule has 4 rings (SSSR count). The number of hydrogen-bond donors (Lipinski definition) is 1. The maximum Gasteiger partial charge on any atom is 0.264 e. The number of nitrogens with one attached hydrogen (secondary N) is 1. The molecule has 0 spiro atoms. The van der Waals surface area contributed by atoms with Crippen molar-refractivity contribution in [2.75, 3.05) is 30.7 Å². The molecule has 0 aliphatic carbocycles. The lowest BCUT2D eigenvalue weighted by Crippen LogP contribution is -2.35. The molecular formula is C17H14N2O5. The average Bonchev–Trinajstić information content (AvgIpc) is 3.06. The largest absolute Gasteiger partial charge is 0.482 e. The first-order chi connectivity index (χ1) is 11.6. The van der Waals surface area contributed by atoms with Crippen molar-refractivity contribution in [2.24, 2.45) is 0 Å². The summed E-state index contributed by atoms with van der Waals surface area (Å²) >= 11 is 0. The Morgan fingerprint density at radius 3 is 2.71 bits per heavy atom. The van der Waals surface area contributed by atoms with Crippen LogP contribution in [0.1, 0.15) is 10.4 Å². The molecule has 24 heavy (non-hydrogen) atoms. The van der Waals surface area contributed by atoms with Crippen LogP contribution >= 0.6 is 0 Å². The summed E-state index contributed by atoms with van der Waals surface area (Å²) in [6.07, 6.45) is 0. The van der Waals surface area contributed by atoms with E-state index in [4.69, 9.17) is 14.2 Å². The number of hydrogen-bond acceptors (Lipinski definition) is 5. The molecule has 0 aromatic heterocycles. The van der Waals surface area contributed by atoms with E-state index in [0.29, 0.717) is 34.2 Å². The number of nitrogens with zero attached hydrogens (tertiary/aromatic N) is 1. The molecule has 0 unspecified atom stereocenters. The van der Waals surface area contributed by atoms with Gasteiger partial charge in [0.1, 0.15) is 5.75 Å². The predicted octanol–water partition coefficient (Wildman–Crippen LogP) is 2.02. The Labute approximate surface area is 137 Å². The minimum atomic E-state index is -0.279. The molecule has 2 amide bonds. The molecule has 2 aliphatic heterocycles. The number of carbonyl (C=O) groups excluding carboxylic acids is 2. The Kier molecular flexibility index (Phi) is 3.26. The van der Waals surface area contributed by atoms with Crippen LogP contribution in [-0.2, 0) is 4.79 Å². The van der Waals surface area contributed by atoms with Crippen LogP contribution in [0, 0.1) is 0 Å². The van der Waals surface area contributed by atoms with Crippen LogP contribution in [0.4, 0.5) is 11.4 Å². The van der Waals surface area contributed by atoms with Crippen molar-refractivity contribution in [2.45, 2.75) is 0 Å². The zero-order chi connectivity index (χ0) is 16.7. The fraction of sp³-hybridized carbons (Fsp3) is 0.176. The number of rotatable bonds is 2. The lowest BCUT2D eigenvalue weighted by molar-refractivity contribution is -0.120. The van der Waals surface area contributed by atoms with Gasteiger partial charge in [-0.15, -0.1) is 0 Å². The zero-order valence-electron chi connectivity index (χ0n) is 12.9. The summed E-state index contributed by atoms with van der Waals surface area (Å²) in [5.74, 6) is 1.36. The number of carbonyl (C=O) groups is 2.